The summed E-state index contributed by atoms with van der Waals surface area (Å²) in [7, 11) is 0. The van der Waals surface area contributed by atoms with Crippen molar-refractivity contribution in [1.29, 1.82) is 0 Å². The SMILES string of the molecule is Cl.[CH]1C=CC=C1.[O]=[Mo]=[O]. The Balaban J connectivity index is 0. The molecule has 0 saturated heterocycles. The van der Waals surface area contributed by atoms with Gasteiger partial charge in [0.05, 0.1) is 0 Å². The molecule has 0 aromatic carbocycles. The van der Waals surface area contributed by atoms with E-state index in [0.717, 1.165) is 0 Å². The van der Waals surface area contributed by atoms with Crippen LogP contribution in [0, 0.1) is 6.42 Å². The van der Waals surface area contributed by atoms with Crippen LogP contribution in [0.2, 0.25) is 0 Å². The summed E-state index contributed by atoms with van der Waals surface area (Å²) >= 11 is -2.03. The molecular formula is C5H6ClMoO2. The van der Waals surface area contributed by atoms with Gasteiger partial charge >= 0.3 is 25.3 Å². The first-order chi connectivity index (χ1) is 3.91. The molecule has 0 bridgehead atoms. The van der Waals surface area contributed by atoms with Crippen molar-refractivity contribution < 1.29 is 25.3 Å². The van der Waals surface area contributed by atoms with Crippen molar-refractivity contribution in [3.8, 4) is 0 Å². The Morgan fingerprint density at radius 2 is 1.22 bits per heavy atom. The van der Waals surface area contributed by atoms with Crippen LogP contribution in [0.1, 0.15) is 0 Å². The number of allylic oxidation sites excluding steroid dienone is 4. The number of hydrogen-bond donors (Lipinski definition) is 0. The standard InChI is InChI=1S/C5H5.ClH.Mo.2O/c1-2-4-5-3-1;;;;/h1-5H;1H;;;. The fourth-order valence-corrected chi connectivity index (χ4v) is 0.321. The van der Waals surface area contributed by atoms with Gasteiger partial charge in [-0.15, -0.1) is 12.4 Å². The molecule has 1 rings (SSSR count). The van der Waals surface area contributed by atoms with Gasteiger partial charge in [-0.25, -0.2) is 0 Å². The normalized spacial score (nSPS) is 11.1. The van der Waals surface area contributed by atoms with Gasteiger partial charge in [0, 0.05) is 6.42 Å². The fraction of sp³-hybridized carbons (Fsp3) is 0. The molecule has 51 valence electrons. The quantitative estimate of drug-likeness (QED) is 0.590. The summed E-state index contributed by atoms with van der Waals surface area (Å²) in [5, 5.41) is 0. The molecular weight excluding hydrogens is 223 g/mol. The second-order valence-corrected chi connectivity index (χ2v) is 1.36. The number of hydrogen-bond acceptors (Lipinski definition) is 2. The third-order valence-electron chi connectivity index (χ3n) is 0.556. The molecule has 0 aliphatic heterocycles. The molecule has 9 heavy (non-hydrogen) atoms. The summed E-state index contributed by atoms with van der Waals surface area (Å²) in [5.74, 6) is 0. The first-order valence-corrected chi connectivity index (χ1v) is 3.64. The minimum atomic E-state index is -2.03. The monoisotopic (exact) mass is 231 g/mol. The molecule has 4 heteroatoms. The van der Waals surface area contributed by atoms with Crippen LogP contribution in [0.3, 0.4) is 0 Å². The van der Waals surface area contributed by atoms with E-state index in [4.69, 9.17) is 6.80 Å². The third-order valence-corrected chi connectivity index (χ3v) is 0.556. The first kappa shape index (κ1) is 11.8. The van der Waals surface area contributed by atoms with Gasteiger partial charge < -0.3 is 0 Å². The maximum atomic E-state index is 8.50. The predicted octanol–water partition coefficient (Wildman–Crippen LogP) is 1.50. The molecule has 0 spiro atoms. The number of halogens is 1. The molecule has 0 aromatic heterocycles. The molecule has 0 fully saturated rings. The van der Waals surface area contributed by atoms with Gasteiger partial charge in [0.1, 0.15) is 0 Å². The molecule has 0 aromatic rings. The van der Waals surface area contributed by atoms with Gasteiger partial charge in [-0.3, -0.25) is 0 Å². The van der Waals surface area contributed by atoms with E-state index in [-0.39, 0.29) is 12.4 Å². The topological polar surface area (TPSA) is 34.1 Å². The molecule has 2 nitrogen and oxygen atoms in total. The summed E-state index contributed by atoms with van der Waals surface area (Å²) in [6.45, 7) is 0. The van der Waals surface area contributed by atoms with Crippen molar-refractivity contribution >= 4 is 12.4 Å². The van der Waals surface area contributed by atoms with E-state index in [1.165, 1.54) is 0 Å². The van der Waals surface area contributed by atoms with E-state index >= 15 is 0 Å². The molecule has 0 atom stereocenters. The van der Waals surface area contributed by atoms with E-state index in [0.29, 0.717) is 0 Å². The first-order valence-electron chi connectivity index (χ1n) is 2.00. The Morgan fingerprint density at radius 3 is 1.33 bits per heavy atom. The van der Waals surface area contributed by atoms with Crippen LogP contribution in [0.4, 0.5) is 0 Å². The third kappa shape index (κ3) is 11.6. The average Bonchev–Trinajstić information content (AvgIpc) is 2.17. The molecule has 0 saturated carbocycles. The van der Waals surface area contributed by atoms with E-state index in [9.17, 15) is 0 Å². The Kier molecular flexibility index (Phi) is 14.3. The Hall–Kier alpha value is 0.0583. The van der Waals surface area contributed by atoms with Crippen molar-refractivity contribution in [1.82, 2.24) is 0 Å². The van der Waals surface area contributed by atoms with Gasteiger partial charge in [-0.1, -0.05) is 24.3 Å². The molecule has 0 heterocycles. The van der Waals surface area contributed by atoms with Crippen molar-refractivity contribution in [2.45, 2.75) is 0 Å². The average molecular weight is 229 g/mol. The molecule has 0 N–H and O–H groups in total. The van der Waals surface area contributed by atoms with Crippen molar-refractivity contribution in [3.05, 3.63) is 30.7 Å². The summed E-state index contributed by atoms with van der Waals surface area (Å²) in [5.41, 5.74) is 0. The minimum absolute atomic E-state index is 0. The zero-order valence-corrected chi connectivity index (χ0v) is 7.34. The van der Waals surface area contributed by atoms with E-state index in [1.807, 2.05) is 30.7 Å². The molecule has 0 unspecified atom stereocenters. The van der Waals surface area contributed by atoms with Crippen molar-refractivity contribution in [2.75, 3.05) is 0 Å². The van der Waals surface area contributed by atoms with Gasteiger partial charge in [-0.2, -0.15) is 0 Å². The van der Waals surface area contributed by atoms with Gasteiger partial charge in [0.15, 0.2) is 0 Å². The van der Waals surface area contributed by atoms with E-state index < -0.39 is 18.5 Å². The van der Waals surface area contributed by atoms with Crippen LogP contribution in [0.25, 0.3) is 0 Å². The molecule has 1 aliphatic rings. The van der Waals surface area contributed by atoms with E-state index in [1.54, 1.807) is 0 Å². The van der Waals surface area contributed by atoms with Crippen molar-refractivity contribution in [2.24, 2.45) is 0 Å². The van der Waals surface area contributed by atoms with Crippen LogP contribution < -0.4 is 0 Å². The van der Waals surface area contributed by atoms with Gasteiger partial charge in [0.2, 0.25) is 0 Å². The summed E-state index contributed by atoms with van der Waals surface area (Å²) < 4.78 is 17.0. The van der Waals surface area contributed by atoms with Gasteiger partial charge in [-0.05, 0) is 0 Å². The van der Waals surface area contributed by atoms with Crippen molar-refractivity contribution in [3.63, 3.8) is 0 Å². The second-order valence-electron chi connectivity index (χ2n) is 1.03. The van der Waals surface area contributed by atoms with Crippen LogP contribution in [-0.4, -0.2) is 0 Å². The summed E-state index contributed by atoms with van der Waals surface area (Å²) in [6.07, 6.45) is 10.0. The Morgan fingerprint density at radius 1 is 0.889 bits per heavy atom. The number of rotatable bonds is 0. The molecule has 0 amide bonds. The Bertz CT molecular complexity index is 126. The summed E-state index contributed by atoms with van der Waals surface area (Å²) in [6, 6.07) is 0. The predicted molar refractivity (Wildman–Crippen MR) is 31.2 cm³/mol. The molecule has 1 aliphatic carbocycles. The zero-order chi connectivity index (χ0) is 6.24. The maximum absolute atomic E-state index is 8.50. The summed E-state index contributed by atoms with van der Waals surface area (Å²) in [4.78, 5) is 0. The van der Waals surface area contributed by atoms with Crippen LogP contribution in [0.15, 0.2) is 24.3 Å². The second kappa shape index (κ2) is 10.9. The zero-order valence-electron chi connectivity index (χ0n) is 4.52. The van der Waals surface area contributed by atoms with Crippen LogP contribution in [0.5, 0.6) is 0 Å². The van der Waals surface area contributed by atoms with Crippen LogP contribution in [-0.2, 0) is 25.3 Å². The fourth-order valence-electron chi connectivity index (χ4n) is 0.321. The molecule has 1 radical (unpaired) electrons. The van der Waals surface area contributed by atoms with Gasteiger partial charge in [0.25, 0.3) is 0 Å². The Labute approximate surface area is 68.6 Å². The van der Waals surface area contributed by atoms with Crippen LogP contribution >= 0.6 is 12.4 Å². The van der Waals surface area contributed by atoms with E-state index in [2.05, 4.69) is 0 Å².